The van der Waals surface area contributed by atoms with Crippen LogP contribution in [0.1, 0.15) is 13.3 Å². The van der Waals surface area contributed by atoms with Gasteiger partial charge in [-0.05, 0) is 55.0 Å². The average molecular weight is 525 g/mol. The molecule has 1 aliphatic carbocycles. The minimum Gasteiger partial charge on any atom is -0.477 e. The summed E-state index contributed by atoms with van der Waals surface area (Å²) >= 11 is 0. The van der Waals surface area contributed by atoms with E-state index in [1.165, 1.54) is 72.8 Å². The summed E-state index contributed by atoms with van der Waals surface area (Å²) in [6.07, 6.45) is 7.30. The predicted molar refractivity (Wildman–Crippen MR) is 138 cm³/mol. The SMILES string of the molecule is CC=CC1=CC=CC(Oc2ccccc2)(C(F)(S(=O)(=O)c2ccccc2)S(=O)(=O)c2ccccc2)C1. The molecule has 0 saturated heterocycles. The van der Waals surface area contributed by atoms with Crippen LogP contribution in [0.2, 0.25) is 0 Å². The van der Waals surface area contributed by atoms with Gasteiger partial charge in [-0.25, -0.2) is 21.2 Å². The fourth-order valence-electron chi connectivity index (χ4n) is 4.21. The molecule has 1 aliphatic rings. The first-order valence-electron chi connectivity index (χ1n) is 11.2. The zero-order chi connectivity index (χ0) is 25.9. The minimum atomic E-state index is -5.21. The average Bonchev–Trinajstić information content (AvgIpc) is 2.90. The number of halogens is 1. The van der Waals surface area contributed by atoms with Crippen LogP contribution < -0.4 is 4.74 Å². The second-order valence-corrected chi connectivity index (χ2v) is 12.6. The fourth-order valence-corrected chi connectivity index (χ4v) is 8.86. The van der Waals surface area contributed by atoms with E-state index in [2.05, 4.69) is 0 Å². The molecule has 0 saturated carbocycles. The third-order valence-corrected chi connectivity index (χ3v) is 11.0. The Morgan fingerprint density at radius 3 is 1.75 bits per heavy atom. The maximum Gasteiger partial charge on any atom is 0.359 e. The Labute approximate surface area is 211 Å². The maximum atomic E-state index is 18.0. The fraction of sp³-hybridized carbons (Fsp3) is 0.143. The molecule has 0 heterocycles. The van der Waals surface area contributed by atoms with Crippen LogP contribution in [0.25, 0.3) is 0 Å². The molecule has 0 aliphatic heterocycles. The van der Waals surface area contributed by atoms with E-state index >= 15 is 4.39 Å². The predicted octanol–water partition coefficient (Wildman–Crippen LogP) is 5.84. The number of allylic oxidation sites excluding steroid dienone is 4. The van der Waals surface area contributed by atoms with Gasteiger partial charge in [-0.1, -0.05) is 78.9 Å². The molecule has 186 valence electrons. The zero-order valence-corrected chi connectivity index (χ0v) is 21.1. The van der Waals surface area contributed by atoms with Crippen molar-refractivity contribution in [2.45, 2.75) is 33.1 Å². The van der Waals surface area contributed by atoms with Gasteiger partial charge in [0.05, 0.1) is 9.79 Å². The van der Waals surface area contributed by atoms with Crippen molar-refractivity contribution in [1.29, 1.82) is 0 Å². The lowest BCUT2D eigenvalue weighted by atomic mass is 9.89. The van der Waals surface area contributed by atoms with Crippen molar-refractivity contribution in [1.82, 2.24) is 0 Å². The third-order valence-electron chi connectivity index (χ3n) is 5.87. The van der Waals surface area contributed by atoms with E-state index in [0.29, 0.717) is 5.57 Å². The van der Waals surface area contributed by atoms with Gasteiger partial charge in [-0.3, -0.25) is 0 Å². The highest BCUT2D eigenvalue weighted by atomic mass is 32.3. The summed E-state index contributed by atoms with van der Waals surface area (Å²) in [6.45, 7) is 1.75. The first kappa shape index (κ1) is 25.6. The molecule has 0 amide bonds. The van der Waals surface area contributed by atoms with Gasteiger partial charge in [0, 0.05) is 6.42 Å². The molecule has 3 aromatic rings. The topological polar surface area (TPSA) is 77.5 Å². The van der Waals surface area contributed by atoms with E-state index in [-0.39, 0.29) is 12.2 Å². The van der Waals surface area contributed by atoms with Crippen LogP contribution >= 0.6 is 0 Å². The summed E-state index contributed by atoms with van der Waals surface area (Å²) in [7, 11) is -10.4. The van der Waals surface area contributed by atoms with Crippen molar-refractivity contribution in [3.8, 4) is 5.75 Å². The van der Waals surface area contributed by atoms with Crippen LogP contribution in [0.5, 0.6) is 5.75 Å². The Morgan fingerprint density at radius 1 is 0.806 bits per heavy atom. The summed E-state index contributed by atoms with van der Waals surface area (Å²) in [5.74, 6) is 0.123. The molecule has 0 radical (unpaired) electrons. The number of para-hydroxylation sites is 1. The standard InChI is InChI=1S/C28H25FO5S2/c1-2-13-23-14-12-21-27(22-23,34-24-15-6-3-7-16-24)28(29,35(30,31)25-17-8-4-9-18-25)36(32,33)26-19-10-5-11-20-26/h2-21H,22H2,1H3. The highest BCUT2D eigenvalue weighted by Crippen LogP contribution is 2.51. The lowest BCUT2D eigenvalue weighted by Gasteiger charge is -2.43. The van der Waals surface area contributed by atoms with Gasteiger partial charge in [-0.15, -0.1) is 0 Å². The number of hydrogen-bond donors (Lipinski definition) is 0. The molecular formula is C28H25FO5S2. The summed E-state index contributed by atoms with van der Waals surface area (Å²) in [5, 5.41) is 0. The Balaban J connectivity index is 2.08. The van der Waals surface area contributed by atoms with E-state index in [4.69, 9.17) is 4.74 Å². The van der Waals surface area contributed by atoms with E-state index in [1.807, 2.05) is 0 Å². The second-order valence-electron chi connectivity index (χ2n) is 8.25. The van der Waals surface area contributed by atoms with Gasteiger partial charge in [-0.2, -0.15) is 0 Å². The molecule has 8 heteroatoms. The Hall–Kier alpha value is -3.49. The van der Waals surface area contributed by atoms with Gasteiger partial charge in [0.2, 0.25) is 19.7 Å². The lowest BCUT2D eigenvalue weighted by molar-refractivity contribution is 0.0452. The molecule has 0 aromatic heterocycles. The molecule has 4 rings (SSSR count). The Bertz CT molecular complexity index is 1440. The third kappa shape index (κ3) is 4.20. The zero-order valence-electron chi connectivity index (χ0n) is 19.5. The smallest absolute Gasteiger partial charge is 0.359 e. The van der Waals surface area contributed by atoms with E-state index in [1.54, 1.807) is 55.5 Å². The van der Waals surface area contributed by atoms with Crippen molar-refractivity contribution >= 4 is 19.7 Å². The van der Waals surface area contributed by atoms with Gasteiger partial charge in [0.25, 0.3) is 0 Å². The van der Waals surface area contributed by atoms with Crippen LogP contribution in [-0.4, -0.2) is 26.8 Å². The molecule has 1 atom stereocenters. The summed E-state index contributed by atoms with van der Waals surface area (Å²) in [4.78, 5) is -0.947. The van der Waals surface area contributed by atoms with Crippen molar-refractivity contribution in [2.75, 3.05) is 0 Å². The number of sulfone groups is 2. The molecule has 1 unspecified atom stereocenters. The monoisotopic (exact) mass is 524 g/mol. The van der Waals surface area contributed by atoms with Crippen molar-refractivity contribution in [3.05, 3.63) is 127 Å². The largest absolute Gasteiger partial charge is 0.477 e. The van der Waals surface area contributed by atoms with Crippen molar-refractivity contribution in [2.24, 2.45) is 0 Å². The summed E-state index contributed by atoms with van der Waals surface area (Å²) in [6, 6.07) is 21.5. The molecule has 0 N–H and O–H groups in total. The molecule has 5 nitrogen and oxygen atoms in total. The molecule has 3 aromatic carbocycles. The quantitative estimate of drug-likeness (QED) is 0.370. The van der Waals surface area contributed by atoms with Gasteiger partial charge in [0.1, 0.15) is 5.75 Å². The molecule has 0 bridgehead atoms. The van der Waals surface area contributed by atoms with Crippen LogP contribution in [0.4, 0.5) is 4.39 Å². The summed E-state index contributed by atoms with van der Waals surface area (Å²) in [5.41, 5.74) is -1.95. The lowest BCUT2D eigenvalue weighted by Crippen LogP contribution is -2.63. The molecule has 36 heavy (non-hydrogen) atoms. The molecule has 0 spiro atoms. The van der Waals surface area contributed by atoms with Crippen LogP contribution in [-0.2, 0) is 19.7 Å². The first-order chi connectivity index (χ1) is 17.2. The molecular weight excluding hydrogens is 499 g/mol. The highest BCUT2D eigenvalue weighted by molar-refractivity contribution is 8.10. The number of benzene rings is 3. The van der Waals surface area contributed by atoms with Gasteiger partial charge < -0.3 is 4.74 Å². The molecule has 0 fully saturated rings. The maximum absolute atomic E-state index is 18.0. The van der Waals surface area contributed by atoms with Crippen molar-refractivity contribution in [3.63, 3.8) is 0 Å². The first-order valence-corrected chi connectivity index (χ1v) is 14.2. The Kier molecular flexibility index (Phi) is 7.02. The van der Waals surface area contributed by atoms with Gasteiger partial charge >= 0.3 is 4.33 Å². The summed E-state index contributed by atoms with van der Waals surface area (Å²) < 4.78 is 76.6. The van der Waals surface area contributed by atoms with E-state index in [9.17, 15) is 16.8 Å². The van der Waals surface area contributed by atoms with Crippen LogP contribution in [0.3, 0.4) is 0 Å². The number of rotatable bonds is 8. The number of ether oxygens (including phenoxy) is 1. The van der Waals surface area contributed by atoms with Crippen LogP contribution in [0.15, 0.2) is 137 Å². The second kappa shape index (κ2) is 9.87. The number of alkyl halides is 1. The highest BCUT2D eigenvalue weighted by Gasteiger charge is 2.71. The van der Waals surface area contributed by atoms with E-state index < -0.39 is 39.4 Å². The Morgan fingerprint density at radius 2 is 1.28 bits per heavy atom. The minimum absolute atomic E-state index is 0.123. The normalized spacial score (nSPS) is 18.7. The number of hydrogen-bond acceptors (Lipinski definition) is 5. The van der Waals surface area contributed by atoms with Crippen LogP contribution in [0, 0.1) is 0 Å². The van der Waals surface area contributed by atoms with Gasteiger partial charge in [0.15, 0.2) is 5.60 Å². The van der Waals surface area contributed by atoms with E-state index in [0.717, 1.165) is 0 Å². The van der Waals surface area contributed by atoms with Crippen molar-refractivity contribution < 1.29 is 26.0 Å².